The summed E-state index contributed by atoms with van der Waals surface area (Å²) >= 11 is 0. The van der Waals surface area contributed by atoms with Crippen LogP contribution in [0.3, 0.4) is 0 Å². The summed E-state index contributed by atoms with van der Waals surface area (Å²) in [7, 11) is 1.85. The number of nitrogens with one attached hydrogen (secondary N) is 1. The first-order valence-corrected chi connectivity index (χ1v) is 7.54. The van der Waals surface area contributed by atoms with E-state index in [0.717, 1.165) is 13.2 Å². The molecule has 0 spiro atoms. The van der Waals surface area contributed by atoms with Crippen LogP contribution in [0.15, 0.2) is 30.3 Å². The van der Waals surface area contributed by atoms with E-state index in [9.17, 15) is 0 Å². The maximum Gasteiger partial charge on any atom is 0.0518 e. The van der Waals surface area contributed by atoms with Gasteiger partial charge in [-0.3, -0.25) is 0 Å². The standard InChI is InChI=1S/C17H25NO/c1-19-14-16-7-10-17(11-8-16,12-9-16)18-13-15-5-3-2-4-6-15/h2-6,18H,7-14H2,1H3. The van der Waals surface area contributed by atoms with Gasteiger partial charge in [0.1, 0.15) is 0 Å². The van der Waals surface area contributed by atoms with E-state index in [1.807, 2.05) is 7.11 Å². The van der Waals surface area contributed by atoms with Crippen LogP contribution in [0.25, 0.3) is 0 Å². The average molecular weight is 259 g/mol. The molecule has 0 saturated heterocycles. The highest BCUT2D eigenvalue weighted by atomic mass is 16.5. The normalized spacial score (nSPS) is 33.5. The lowest BCUT2D eigenvalue weighted by Gasteiger charge is -2.53. The summed E-state index contributed by atoms with van der Waals surface area (Å²) in [6, 6.07) is 10.8. The molecule has 3 aliphatic rings. The Morgan fingerprint density at radius 2 is 1.63 bits per heavy atom. The van der Waals surface area contributed by atoms with E-state index in [1.54, 1.807) is 0 Å². The molecule has 2 bridgehead atoms. The quantitative estimate of drug-likeness (QED) is 0.873. The third kappa shape index (κ3) is 2.70. The SMILES string of the molecule is COCC12CCC(NCc3ccccc3)(CC1)CC2. The molecule has 0 radical (unpaired) electrons. The van der Waals surface area contributed by atoms with E-state index in [4.69, 9.17) is 4.74 Å². The number of hydrogen-bond acceptors (Lipinski definition) is 2. The largest absolute Gasteiger partial charge is 0.384 e. The van der Waals surface area contributed by atoms with Crippen molar-refractivity contribution in [1.29, 1.82) is 0 Å². The van der Waals surface area contributed by atoms with Gasteiger partial charge in [-0.1, -0.05) is 30.3 Å². The Morgan fingerprint density at radius 3 is 2.21 bits per heavy atom. The molecule has 104 valence electrons. The fourth-order valence-electron chi connectivity index (χ4n) is 3.94. The summed E-state index contributed by atoms with van der Waals surface area (Å²) in [5.74, 6) is 0. The summed E-state index contributed by atoms with van der Waals surface area (Å²) in [4.78, 5) is 0. The van der Waals surface area contributed by atoms with Gasteiger partial charge in [0.2, 0.25) is 0 Å². The zero-order valence-electron chi connectivity index (χ0n) is 12.0. The topological polar surface area (TPSA) is 21.3 Å². The van der Waals surface area contributed by atoms with Crippen LogP contribution in [0.5, 0.6) is 0 Å². The van der Waals surface area contributed by atoms with Gasteiger partial charge in [0, 0.05) is 19.2 Å². The monoisotopic (exact) mass is 259 g/mol. The maximum atomic E-state index is 5.44. The molecule has 1 N–H and O–H groups in total. The van der Waals surface area contributed by atoms with Crippen LogP contribution in [0.4, 0.5) is 0 Å². The molecule has 4 rings (SSSR count). The predicted octanol–water partition coefficient (Wildman–Crippen LogP) is 3.52. The summed E-state index contributed by atoms with van der Waals surface area (Å²) in [5, 5.41) is 3.86. The third-order valence-electron chi connectivity index (χ3n) is 5.36. The van der Waals surface area contributed by atoms with E-state index in [0.29, 0.717) is 11.0 Å². The number of hydrogen-bond donors (Lipinski definition) is 1. The summed E-state index contributed by atoms with van der Waals surface area (Å²) in [6.45, 7) is 1.97. The Labute approximate surface area is 116 Å². The Balaban J connectivity index is 1.59. The van der Waals surface area contributed by atoms with Crippen molar-refractivity contribution < 1.29 is 4.74 Å². The van der Waals surface area contributed by atoms with Gasteiger partial charge in [-0.05, 0) is 49.5 Å². The molecule has 0 unspecified atom stereocenters. The molecule has 3 aliphatic carbocycles. The summed E-state index contributed by atoms with van der Waals surface area (Å²) in [6.07, 6.45) is 7.98. The number of ether oxygens (including phenoxy) is 1. The first-order valence-electron chi connectivity index (χ1n) is 7.54. The van der Waals surface area contributed by atoms with Crippen LogP contribution in [0.2, 0.25) is 0 Å². The van der Waals surface area contributed by atoms with Crippen molar-refractivity contribution >= 4 is 0 Å². The molecule has 0 aliphatic heterocycles. The van der Waals surface area contributed by atoms with Gasteiger partial charge < -0.3 is 10.1 Å². The molecule has 1 aromatic rings. The second kappa shape index (κ2) is 5.26. The minimum Gasteiger partial charge on any atom is -0.384 e. The Kier molecular flexibility index (Phi) is 3.64. The first kappa shape index (κ1) is 13.1. The van der Waals surface area contributed by atoms with Crippen LogP contribution >= 0.6 is 0 Å². The van der Waals surface area contributed by atoms with Gasteiger partial charge in [-0.15, -0.1) is 0 Å². The van der Waals surface area contributed by atoms with Gasteiger partial charge >= 0.3 is 0 Å². The Morgan fingerprint density at radius 1 is 1.00 bits per heavy atom. The molecule has 3 saturated carbocycles. The lowest BCUT2D eigenvalue weighted by molar-refractivity contribution is -0.0318. The van der Waals surface area contributed by atoms with Crippen LogP contribution in [0, 0.1) is 5.41 Å². The molecular formula is C17H25NO. The fourth-order valence-corrected chi connectivity index (χ4v) is 3.94. The lowest BCUT2D eigenvalue weighted by atomic mass is 9.57. The van der Waals surface area contributed by atoms with Crippen LogP contribution in [-0.4, -0.2) is 19.3 Å². The highest BCUT2D eigenvalue weighted by Gasteiger charge is 2.48. The van der Waals surface area contributed by atoms with E-state index in [-0.39, 0.29) is 0 Å². The van der Waals surface area contributed by atoms with Crippen molar-refractivity contribution in [1.82, 2.24) is 5.32 Å². The molecular weight excluding hydrogens is 234 g/mol. The van der Waals surface area contributed by atoms with Crippen molar-refractivity contribution in [2.45, 2.75) is 50.6 Å². The molecule has 3 fully saturated rings. The molecule has 2 heteroatoms. The second-order valence-corrected chi connectivity index (χ2v) is 6.55. The molecule has 0 aromatic heterocycles. The second-order valence-electron chi connectivity index (χ2n) is 6.55. The first-order chi connectivity index (χ1) is 9.26. The Hall–Kier alpha value is -0.860. The van der Waals surface area contributed by atoms with Crippen molar-refractivity contribution in [3.05, 3.63) is 35.9 Å². The summed E-state index contributed by atoms with van der Waals surface area (Å²) < 4.78 is 5.44. The van der Waals surface area contributed by atoms with Gasteiger partial charge in [-0.2, -0.15) is 0 Å². The zero-order chi connectivity index (χ0) is 13.2. The third-order valence-corrected chi connectivity index (χ3v) is 5.36. The number of fused-ring (bicyclic) bond motifs is 3. The molecule has 0 amide bonds. The molecule has 1 aromatic carbocycles. The Bertz CT molecular complexity index is 390. The van der Waals surface area contributed by atoms with Gasteiger partial charge in [-0.25, -0.2) is 0 Å². The molecule has 0 heterocycles. The van der Waals surface area contributed by atoms with E-state index >= 15 is 0 Å². The van der Waals surface area contributed by atoms with Gasteiger partial charge in [0.25, 0.3) is 0 Å². The predicted molar refractivity (Wildman–Crippen MR) is 78.0 cm³/mol. The van der Waals surface area contributed by atoms with E-state index in [2.05, 4.69) is 35.6 Å². The fraction of sp³-hybridized carbons (Fsp3) is 0.647. The smallest absolute Gasteiger partial charge is 0.0518 e. The summed E-state index contributed by atoms with van der Waals surface area (Å²) in [5.41, 5.74) is 2.31. The number of benzene rings is 1. The average Bonchev–Trinajstić information content (AvgIpc) is 2.49. The lowest BCUT2D eigenvalue weighted by Crippen LogP contribution is -2.55. The van der Waals surface area contributed by atoms with Crippen molar-refractivity contribution in [2.24, 2.45) is 5.41 Å². The van der Waals surface area contributed by atoms with Crippen molar-refractivity contribution in [3.8, 4) is 0 Å². The van der Waals surface area contributed by atoms with Crippen LogP contribution in [0.1, 0.15) is 44.1 Å². The maximum absolute atomic E-state index is 5.44. The van der Waals surface area contributed by atoms with Crippen LogP contribution in [-0.2, 0) is 11.3 Å². The molecule has 0 atom stereocenters. The van der Waals surface area contributed by atoms with E-state index < -0.39 is 0 Å². The van der Waals surface area contributed by atoms with Crippen LogP contribution < -0.4 is 5.32 Å². The highest BCUT2D eigenvalue weighted by molar-refractivity contribution is 5.15. The molecule has 19 heavy (non-hydrogen) atoms. The van der Waals surface area contributed by atoms with Gasteiger partial charge in [0.05, 0.1) is 6.61 Å². The minimum absolute atomic E-state index is 0.408. The van der Waals surface area contributed by atoms with E-state index in [1.165, 1.54) is 44.1 Å². The molecule has 2 nitrogen and oxygen atoms in total. The number of rotatable bonds is 5. The van der Waals surface area contributed by atoms with Crippen molar-refractivity contribution in [3.63, 3.8) is 0 Å². The number of methoxy groups -OCH3 is 1. The van der Waals surface area contributed by atoms with Crippen molar-refractivity contribution in [2.75, 3.05) is 13.7 Å². The zero-order valence-corrected chi connectivity index (χ0v) is 12.0. The van der Waals surface area contributed by atoms with Gasteiger partial charge in [0.15, 0.2) is 0 Å². The highest BCUT2D eigenvalue weighted by Crippen LogP contribution is 2.52. The minimum atomic E-state index is 0.408.